The molecule has 0 aliphatic carbocycles. The molecule has 0 saturated carbocycles. The van der Waals surface area contributed by atoms with Gasteiger partial charge in [-0.25, -0.2) is 0 Å². The zero-order valence-electron chi connectivity index (χ0n) is 15.7. The molecule has 3 rings (SSSR count). The first-order valence-electron chi connectivity index (χ1n) is 9.21. The van der Waals surface area contributed by atoms with Gasteiger partial charge in [0.05, 0.1) is 10.8 Å². The van der Waals surface area contributed by atoms with Crippen LogP contribution in [-0.4, -0.2) is 42.2 Å². The summed E-state index contributed by atoms with van der Waals surface area (Å²) in [6, 6.07) is 15.4. The van der Waals surface area contributed by atoms with E-state index >= 15 is 0 Å². The van der Waals surface area contributed by atoms with Crippen molar-refractivity contribution in [3.8, 4) is 0 Å². The zero-order valence-corrected chi connectivity index (χ0v) is 16.5. The lowest BCUT2D eigenvalue weighted by Gasteiger charge is -2.37. The number of benzene rings is 2. The molecule has 28 heavy (non-hydrogen) atoms. The summed E-state index contributed by atoms with van der Waals surface area (Å²) < 4.78 is 38.5. The van der Waals surface area contributed by atoms with Crippen molar-refractivity contribution in [2.24, 2.45) is 0 Å². The van der Waals surface area contributed by atoms with Crippen LogP contribution in [0.4, 0.5) is 18.9 Å². The van der Waals surface area contributed by atoms with Crippen LogP contribution >= 0.6 is 11.8 Å². The topological polar surface area (TPSA) is 23.6 Å². The van der Waals surface area contributed by atoms with Crippen molar-refractivity contribution < 1.29 is 18.0 Å². The molecule has 0 bridgehead atoms. The average molecular weight is 408 g/mol. The molecule has 2 aromatic rings. The maximum atomic E-state index is 12.8. The zero-order chi connectivity index (χ0) is 20.1. The van der Waals surface area contributed by atoms with Crippen LogP contribution < -0.4 is 4.90 Å². The van der Waals surface area contributed by atoms with E-state index in [4.69, 9.17) is 0 Å². The van der Waals surface area contributed by atoms with Gasteiger partial charge < -0.3 is 9.80 Å². The van der Waals surface area contributed by atoms with Crippen LogP contribution in [0.25, 0.3) is 0 Å². The summed E-state index contributed by atoms with van der Waals surface area (Å²) in [5, 5.41) is -0.294. The number of piperazine rings is 1. The van der Waals surface area contributed by atoms with Crippen LogP contribution in [-0.2, 0) is 16.7 Å². The lowest BCUT2D eigenvalue weighted by atomic mass is 10.1. The third-order valence-corrected chi connectivity index (χ3v) is 6.02. The molecule has 1 aliphatic heterocycles. The highest BCUT2D eigenvalue weighted by Crippen LogP contribution is 2.31. The molecule has 1 heterocycles. The number of carbonyl (C=O) groups excluding carboxylic acids is 1. The number of rotatable bonds is 5. The van der Waals surface area contributed by atoms with Crippen molar-refractivity contribution >= 4 is 23.4 Å². The fraction of sp³-hybridized carbons (Fsp3) is 0.381. The summed E-state index contributed by atoms with van der Waals surface area (Å²) in [6.07, 6.45) is -4.35. The molecule has 0 spiro atoms. The number of para-hydroxylation sites is 1. The Hall–Kier alpha value is -2.15. The van der Waals surface area contributed by atoms with Crippen molar-refractivity contribution in [1.82, 2.24) is 4.90 Å². The molecular weight excluding hydrogens is 385 g/mol. The van der Waals surface area contributed by atoms with Gasteiger partial charge in [0.1, 0.15) is 0 Å². The van der Waals surface area contributed by atoms with Crippen LogP contribution in [0.15, 0.2) is 54.6 Å². The maximum Gasteiger partial charge on any atom is 0.416 e. The van der Waals surface area contributed by atoms with Crippen LogP contribution in [0, 0.1) is 0 Å². The molecule has 1 aliphatic rings. The molecule has 1 fully saturated rings. The van der Waals surface area contributed by atoms with Gasteiger partial charge in [0.2, 0.25) is 5.91 Å². The third kappa shape index (κ3) is 5.22. The highest BCUT2D eigenvalue weighted by molar-refractivity contribution is 7.99. The Morgan fingerprint density at radius 2 is 1.71 bits per heavy atom. The largest absolute Gasteiger partial charge is 0.416 e. The molecule has 150 valence electrons. The monoisotopic (exact) mass is 408 g/mol. The van der Waals surface area contributed by atoms with Gasteiger partial charge in [0, 0.05) is 37.6 Å². The first kappa shape index (κ1) is 20.6. The van der Waals surface area contributed by atoms with Crippen LogP contribution in [0.2, 0.25) is 0 Å². The summed E-state index contributed by atoms with van der Waals surface area (Å²) in [7, 11) is 0. The second kappa shape index (κ2) is 8.90. The van der Waals surface area contributed by atoms with Gasteiger partial charge in [0.15, 0.2) is 0 Å². The third-order valence-electron chi connectivity index (χ3n) is 4.81. The van der Waals surface area contributed by atoms with E-state index in [2.05, 4.69) is 17.0 Å². The van der Waals surface area contributed by atoms with Gasteiger partial charge in [-0.05, 0) is 30.7 Å². The van der Waals surface area contributed by atoms with Gasteiger partial charge in [-0.3, -0.25) is 4.79 Å². The summed E-state index contributed by atoms with van der Waals surface area (Å²) >= 11 is 1.38. The van der Waals surface area contributed by atoms with E-state index < -0.39 is 11.7 Å². The predicted octanol–water partition coefficient (Wildman–Crippen LogP) is 4.68. The minimum absolute atomic E-state index is 0.0460. The fourth-order valence-corrected chi connectivity index (χ4v) is 4.12. The number of hydrogen-bond acceptors (Lipinski definition) is 3. The van der Waals surface area contributed by atoms with E-state index in [1.165, 1.54) is 17.8 Å². The lowest BCUT2D eigenvalue weighted by Crippen LogP contribution is -2.50. The number of nitrogens with zero attached hydrogens (tertiary/aromatic N) is 2. The SMILES string of the molecule is CC(SCc1cccc(C(F)(F)F)c1)C(=O)N1CCN(c2ccccc2)CC1. The number of halogens is 3. The van der Waals surface area contributed by atoms with Gasteiger partial charge in [-0.1, -0.05) is 36.4 Å². The molecule has 1 saturated heterocycles. The van der Waals surface area contributed by atoms with E-state index in [-0.39, 0.29) is 11.2 Å². The molecule has 0 radical (unpaired) electrons. The Labute approximate surface area is 167 Å². The van der Waals surface area contributed by atoms with Gasteiger partial charge in [0.25, 0.3) is 0 Å². The lowest BCUT2D eigenvalue weighted by molar-refractivity contribution is -0.137. The Balaban J connectivity index is 1.50. The van der Waals surface area contributed by atoms with E-state index in [1.807, 2.05) is 30.0 Å². The molecule has 7 heteroatoms. The minimum Gasteiger partial charge on any atom is -0.368 e. The van der Waals surface area contributed by atoms with Crippen LogP contribution in [0.3, 0.4) is 0 Å². The summed E-state index contributed by atoms with van der Waals surface area (Å²) in [5.41, 5.74) is 1.08. The van der Waals surface area contributed by atoms with Gasteiger partial charge in [-0.15, -0.1) is 11.8 Å². The number of carbonyl (C=O) groups is 1. The standard InChI is InChI=1S/C21H23F3N2OS/c1-16(28-15-17-6-5-7-18(14-17)21(22,23)24)20(27)26-12-10-25(11-13-26)19-8-3-2-4-9-19/h2-9,14,16H,10-13,15H2,1H3. The molecule has 1 unspecified atom stereocenters. The van der Waals surface area contributed by atoms with Crippen LogP contribution in [0.1, 0.15) is 18.1 Å². The number of anilines is 1. The van der Waals surface area contributed by atoms with E-state index in [1.54, 1.807) is 6.07 Å². The smallest absolute Gasteiger partial charge is 0.368 e. The van der Waals surface area contributed by atoms with Gasteiger partial charge in [-0.2, -0.15) is 13.2 Å². The van der Waals surface area contributed by atoms with Gasteiger partial charge >= 0.3 is 6.18 Å². The Morgan fingerprint density at radius 1 is 1.04 bits per heavy atom. The number of alkyl halides is 3. The highest BCUT2D eigenvalue weighted by Gasteiger charge is 2.30. The molecule has 0 aromatic heterocycles. The van der Waals surface area contributed by atoms with Crippen molar-refractivity contribution in [3.05, 3.63) is 65.7 Å². The molecule has 1 amide bonds. The highest BCUT2D eigenvalue weighted by atomic mass is 32.2. The number of hydrogen-bond donors (Lipinski definition) is 0. The maximum absolute atomic E-state index is 12.8. The Morgan fingerprint density at radius 3 is 2.36 bits per heavy atom. The first-order valence-corrected chi connectivity index (χ1v) is 10.3. The van der Waals surface area contributed by atoms with Crippen molar-refractivity contribution in [3.63, 3.8) is 0 Å². The van der Waals surface area contributed by atoms with Crippen molar-refractivity contribution in [2.75, 3.05) is 31.1 Å². The molecular formula is C21H23F3N2OS. The van der Waals surface area contributed by atoms with E-state index in [9.17, 15) is 18.0 Å². The molecule has 3 nitrogen and oxygen atoms in total. The molecule has 1 atom stereocenters. The minimum atomic E-state index is -4.35. The van der Waals surface area contributed by atoms with Crippen molar-refractivity contribution in [2.45, 2.75) is 24.1 Å². The Bertz CT molecular complexity index is 790. The second-order valence-electron chi connectivity index (χ2n) is 6.80. The number of thioether (sulfide) groups is 1. The summed E-state index contributed by atoms with van der Waals surface area (Å²) in [4.78, 5) is 16.8. The average Bonchev–Trinajstić information content (AvgIpc) is 2.72. The second-order valence-corrected chi connectivity index (χ2v) is 8.13. The summed E-state index contributed by atoms with van der Waals surface area (Å²) in [6.45, 7) is 4.69. The van der Waals surface area contributed by atoms with E-state index in [0.717, 1.165) is 30.9 Å². The normalized spacial score (nSPS) is 16.1. The Kier molecular flexibility index (Phi) is 6.54. The molecule has 0 N–H and O–H groups in total. The van der Waals surface area contributed by atoms with E-state index in [0.29, 0.717) is 24.4 Å². The predicted molar refractivity (Wildman–Crippen MR) is 107 cm³/mol. The van der Waals surface area contributed by atoms with Crippen molar-refractivity contribution in [1.29, 1.82) is 0 Å². The molecule has 2 aromatic carbocycles. The summed E-state index contributed by atoms with van der Waals surface area (Å²) in [5.74, 6) is 0.422. The number of amides is 1. The quantitative estimate of drug-likeness (QED) is 0.718. The first-order chi connectivity index (χ1) is 13.3. The van der Waals surface area contributed by atoms with Crippen LogP contribution in [0.5, 0.6) is 0 Å². The fourth-order valence-electron chi connectivity index (χ4n) is 3.21.